The van der Waals surface area contributed by atoms with E-state index in [9.17, 15) is 0 Å². The van der Waals surface area contributed by atoms with E-state index in [2.05, 4.69) is 12.2 Å². The largest absolute Gasteiger partial charge is 0.493 e. The smallest absolute Gasteiger partial charge is 0.161 e. The van der Waals surface area contributed by atoms with Crippen LogP contribution in [0.5, 0.6) is 11.5 Å². The Labute approximate surface area is 114 Å². The van der Waals surface area contributed by atoms with Gasteiger partial charge in [0, 0.05) is 18.0 Å². The van der Waals surface area contributed by atoms with Gasteiger partial charge in [0.1, 0.15) is 6.61 Å². The van der Waals surface area contributed by atoms with Crippen LogP contribution in [0.25, 0.3) is 0 Å². The SMILES string of the molecule is COc1ccccc1OCCNC(C)CC(C)Cl. The molecule has 3 nitrogen and oxygen atoms in total. The third kappa shape index (κ3) is 5.61. The van der Waals surface area contributed by atoms with Crippen molar-refractivity contribution in [3.05, 3.63) is 24.3 Å². The van der Waals surface area contributed by atoms with Gasteiger partial charge in [-0.1, -0.05) is 12.1 Å². The van der Waals surface area contributed by atoms with E-state index >= 15 is 0 Å². The first-order valence-electron chi connectivity index (χ1n) is 6.26. The molecule has 18 heavy (non-hydrogen) atoms. The van der Waals surface area contributed by atoms with E-state index in [-0.39, 0.29) is 5.38 Å². The molecule has 0 aromatic heterocycles. The number of benzene rings is 1. The van der Waals surface area contributed by atoms with Gasteiger partial charge in [-0.25, -0.2) is 0 Å². The van der Waals surface area contributed by atoms with Crippen molar-refractivity contribution in [2.75, 3.05) is 20.3 Å². The number of hydrogen-bond acceptors (Lipinski definition) is 3. The summed E-state index contributed by atoms with van der Waals surface area (Å²) in [6.45, 7) is 5.54. The summed E-state index contributed by atoms with van der Waals surface area (Å²) in [6, 6.07) is 8.06. The Balaban J connectivity index is 2.25. The number of ether oxygens (including phenoxy) is 2. The Morgan fingerprint density at radius 2 is 1.89 bits per heavy atom. The zero-order valence-corrected chi connectivity index (χ0v) is 12.0. The molecule has 1 N–H and O–H groups in total. The number of methoxy groups -OCH3 is 1. The van der Waals surface area contributed by atoms with Crippen LogP contribution < -0.4 is 14.8 Å². The third-order valence-electron chi connectivity index (χ3n) is 2.60. The first-order chi connectivity index (χ1) is 8.63. The van der Waals surface area contributed by atoms with Gasteiger partial charge in [0.25, 0.3) is 0 Å². The molecule has 0 aliphatic rings. The standard InChI is InChI=1S/C14H22ClNO2/c1-11(15)10-12(2)16-8-9-18-14-7-5-4-6-13(14)17-3/h4-7,11-12,16H,8-10H2,1-3H3. The van der Waals surface area contributed by atoms with Crippen LogP contribution in [-0.2, 0) is 0 Å². The fraction of sp³-hybridized carbons (Fsp3) is 0.571. The first kappa shape index (κ1) is 15.1. The van der Waals surface area contributed by atoms with E-state index in [1.807, 2.05) is 31.2 Å². The minimum absolute atomic E-state index is 0.197. The van der Waals surface area contributed by atoms with Crippen LogP contribution in [0.15, 0.2) is 24.3 Å². The lowest BCUT2D eigenvalue weighted by atomic mass is 10.2. The van der Waals surface area contributed by atoms with Crippen LogP contribution in [0.3, 0.4) is 0 Å². The van der Waals surface area contributed by atoms with Crippen LogP contribution in [0.1, 0.15) is 20.3 Å². The summed E-state index contributed by atoms with van der Waals surface area (Å²) in [4.78, 5) is 0. The van der Waals surface area contributed by atoms with Crippen LogP contribution in [0.2, 0.25) is 0 Å². The molecule has 4 heteroatoms. The van der Waals surface area contributed by atoms with Gasteiger partial charge >= 0.3 is 0 Å². The number of hydrogen-bond donors (Lipinski definition) is 1. The van der Waals surface area contributed by atoms with Gasteiger partial charge in [-0.05, 0) is 32.4 Å². The average molecular weight is 272 g/mol. The lowest BCUT2D eigenvalue weighted by molar-refractivity contribution is 0.286. The molecule has 0 aliphatic carbocycles. The van der Waals surface area contributed by atoms with E-state index < -0.39 is 0 Å². The first-order valence-corrected chi connectivity index (χ1v) is 6.70. The molecule has 102 valence electrons. The molecular weight excluding hydrogens is 250 g/mol. The monoisotopic (exact) mass is 271 g/mol. The van der Waals surface area contributed by atoms with Gasteiger partial charge in [-0.2, -0.15) is 0 Å². The van der Waals surface area contributed by atoms with E-state index in [1.54, 1.807) is 7.11 Å². The third-order valence-corrected chi connectivity index (χ3v) is 2.78. The minimum atomic E-state index is 0.197. The predicted molar refractivity (Wildman–Crippen MR) is 75.9 cm³/mol. The van der Waals surface area contributed by atoms with Gasteiger partial charge in [0.2, 0.25) is 0 Å². The Morgan fingerprint density at radius 3 is 2.50 bits per heavy atom. The van der Waals surface area contributed by atoms with Gasteiger partial charge in [-0.3, -0.25) is 0 Å². The minimum Gasteiger partial charge on any atom is -0.493 e. The van der Waals surface area contributed by atoms with E-state index in [0.29, 0.717) is 12.6 Å². The summed E-state index contributed by atoms with van der Waals surface area (Å²) in [6.07, 6.45) is 0.955. The molecule has 1 rings (SSSR count). The molecule has 1 aromatic rings. The zero-order valence-electron chi connectivity index (χ0n) is 11.3. The highest BCUT2D eigenvalue weighted by Crippen LogP contribution is 2.25. The van der Waals surface area contributed by atoms with E-state index in [1.165, 1.54) is 0 Å². The maximum atomic E-state index is 5.93. The normalized spacial score (nSPS) is 14.0. The molecule has 0 heterocycles. The van der Waals surface area contributed by atoms with Gasteiger partial charge in [0.15, 0.2) is 11.5 Å². The number of halogens is 1. The molecule has 0 radical (unpaired) electrons. The summed E-state index contributed by atoms with van der Waals surface area (Å²) < 4.78 is 10.9. The van der Waals surface area contributed by atoms with Crippen molar-refractivity contribution in [2.24, 2.45) is 0 Å². The summed E-state index contributed by atoms with van der Waals surface area (Å²) in [5.74, 6) is 1.54. The Kier molecular flexibility index (Phi) is 6.91. The molecular formula is C14H22ClNO2. The second kappa shape index (κ2) is 8.22. The zero-order chi connectivity index (χ0) is 13.4. The summed E-state index contributed by atoms with van der Waals surface area (Å²) in [5, 5.41) is 3.57. The van der Waals surface area contributed by atoms with Crippen molar-refractivity contribution < 1.29 is 9.47 Å². The van der Waals surface area contributed by atoms with Crippen LogP contribution in [0.4, 0.5) is 0 Å². The summed E-state index contributed by atoms with van der Waals surface area (Å²) in [7, 11) is 1.64. The number of nitrogens with one attached hydrogen (secondary N) is 1. The van der Waals surface area contributed by atoms with Crippen molar-refractivity contribution in [1.29, 1.82) is 0 Å². The molecule has 0 saturated carbocycles. The molecule has 0 bridgehead atoms. The molecule has 0 fully saturated rings. The highest BCUT2D eigenvalue weighted by molar-refractivity contribution is 6.20. The molecule has 0 aliphatic heterocycles. The summed E-state index contributed by atoms with van der Waals surface area (Å²) >= 11 is 5.93. The quantitative estimate of drug-likeness (QED) is 0.582. The van der Waals surface area contributed by atoms with Gasteiger partial charge in [-0.15, -0.1) is 11.6 Å². The van der Waals surface area contributed by atoms with Crippen LogP contribution in [-0.4, -0.2) is 31.7 Å². The Morgan fingerprint density at radius 1 is 1.22 bits per heavy atom. The second-order valence-corrected chi connectivity index (χ2v) is 5.12. The molecule has 1 aromatic carbocycles. The lowest BCUT2D eigenvalue weighted by Gasteiger charge is -2.15. The number of alkyl halides is 1. The van der Waals surface area contributed by atoms with Crippen molar-refractivity contribution in [2.45, 2.75) is 31.7 Å². The van der Waals surface area contributed by atoms with Gasteiger partial charge in [0.05, 0.1) is 7.11 Å². The number of para-hydroxylation sites is 2. The average Bonchev–Trinajstić information content (AvgIpc) is 2.34. The fourth-order valence-electron chi connectivity index (χ4n) is 1.77. The van der Waals surface area contributed by atoms with Crippen molar-refractivity contribution in [3.8, 4) is 11.5 Å². The van der Waals surface area contributed by atoms with E-state index in [0.717, 1.165) is 24.5 Å². The van der Waals surface area contributed by atoms with Crippen LogP contribution >= 0.6 is 11.6 Å². The van der Waals surface area contributed by atoms with Crippen molar-refractivity contribution in [1.82, 2.24) is 5.32 Å². The van der Waals surface area contributed by atoms with Crippen molar-refractivity contribution >= 4 is 11.6 Å². The van der Waals surface area contributed by atoms with Crippen LogP contribution in [0, 0.1) is 0 Å². The number of rotatable bonds is 8. The summed E-state index contributed by atoms with van der Waals surface area (Å²) in [5.41, 5.74) is 0. The molecule has 2 unspecified atom stereocenters. The lowest BCUT2D eigenvalue weighted by Crippen LogP contribution is -2.31. The maximum Gasteiger partial charge on any atom is 0.161 e. The molecule has 0 spiro atoms. The Bertz CT molecular complexity index is 344. The molecule has 0 saturated heterocycles. The molecule has 0 amide bonds. The maximum absolute atomic E-state index is 5.93. The highest BCUT2D eigenvalue weighted by Gasteiger charge is 2.06. The fourth-order valence-corrected chi connectivity index (χ4v) is 2.04. The Hall–Kier alpha value is -0.930. The van der Waals surface area contributed by atoms with E-state index in [4.69, 9.17) is 21.1 Å². The predicted octanol–water partition coefficient (Wildman–Crippen LogP) is 3.07. The molecule has 2 atom stereocenters. The second-order valence-electron chi connectivity index (χ2n) is 4.37. The highest BCUT2D eigenvalue weighted by atomic mass is 35.5. The topological polar surface area (TPSA) is 30.5 Å². The van der Waals surface area contributed by atoms with Gasteiger partial charge < -0.3 is 14.8 Å². The van der Waals surface area contributed by atoms with Crippen molar-refractivity contribution in [3.63, 3.8) is 0 Å².